The van der Waals surface area contributed by atoms with Gasteiger partial charge in [-0.15, -0.1) is 11.6 Å². The average Bonchev–Trinajstić information content (AvgIpc) is 2.27. The second-order valence-corrected chi connectivity index (χ2v) is 3.30. The van der Waals surface area contributed by atoms with Gasteiger partial charge in [-0.2, -0.15) is 5.26 Å². The number of esters is 1. The number of hydrogen-bond donors (Lipinski definition) is 0. The zero-order valence-electron chi connectivity index (χ0n) is 8.50. The van der Waals surface area contributed by atoms with Crippen molar-refractivity contribution in [1.29, 1.82) is 5.26 Å². The van der Waals surface area contributed by atoms with E-state index in [4.69, 9.17) is 16.9 Å². The first kappa shape index (κ1) is 11.5. The molecule has 0 saturated carbocycles. The molecule has 0 atom stereocenters. The second-order valence-electron chi connectivity index (χ2n) is 3.03. The smallest absolute Gasteiger partial charge is 0.339 e. The van der Waals surface area contributed by atoms with E-state index in [1.165, 1.54) is 7.11 Å². The third kappa shape index (κ3) is 2.11. The Labute approximate surface area is 93.2 Å². The van der Waals surface area contributed by atoms with Gasteiger partial charge in [-0.05, 0) is 18.1 Å². The van der Waals surface area contributed by atoms with Gasteiger partial charge in [0.15, 0.2) is 0 Å². The topological polar surface area (TPSA) is 50.1 Å². The van der Waals surface area contributed by atoms with E-state index in [1.54, 1.807) is 19.1 Å². The summed E-state index contributed by atoms with van der Waals surface area (Å²) in [5.41, 5.74) is 1.97. The van der Waals surface area contributed by atoms with Crippen molar-refractivity contribution < 1.29 is 9.53 Å². The molecule has 15 heavy (non-hydrogen) atoms. The predicted molar refractivity (Wildman–Crippen MR) is 56.8 cm³/mol. The first-order valence-corrected chi connectivity index (χ1v) is 4.86. The highest BCUT2D eigenvalue weighted by Gasteiger charge is 2.17. The minimum atomic E-state index is -0.504. The first-order valence-electron chi connectivity index (χ1n) is 4.32. The Morgan fingerprint density at radius 3 is 2.73 bits per heavy atom. The average molecular weight is 224 g/mol. The molecule has 0 bridgehead atoms. The Kier molecular flexibility index (Phi) is 3.70. The van der Waals surface area contributed by atoms with Gasteiger partial charge in [0.2, 0.25) is 0 Å². The Morgan fingerprint density at radius 2 is 2.27 bits per heavy atom. The summed E-state index contributed by atoms with van der Waals surface area (Å²) in [4.78, 5) is 11.5. The number of nitrogens with zero attached hydrogens (tertiary/aromatic N) is 1. The van der Waals surface area contributed by atoms with Gasteiger partial charge in [0.1, 0.15) is 6.07 Å². The van der Waals surface area contributed by atoms with Crippen LogP contribution in [-0.2, 0) is 10.6 Å². The summed E-state index contributed by atoms with van der Waals surface area (Å²) < 4.78 is 4.63. The Balaban J connectivity index is 3.47. The number of aryl methyl sites for hydroxylation is 1. The number of methoxy groups -OCH3 is 1. The molecule has 0 aliphatic heterocycles. The molecule has 0 radical (unpaired) electrons. The van der Waals surface area contributed by atoms with E-state index in [0.717, 1.165) is 0 Å². The highest BCUT2D eigenvalue weighted by atomic mass is 35.5. The predicted octanol–water partition coefficient (Wildman–Crippen LogP) is 2.39. The third-order valence-electron chi connectivity index (χ3n) is 2.15. The maximum Gasteiger partial charge on any atom is 0.339 e. The molecule has 0 N–H and O–H groups in total. The van der Waals surface area contributed by atoms with Crippen LogP contribution in [0.3, 0.4) is 0 Å². The van der Waals surface area contributed by atoms with E-state index in [1.807, 2.05) is 6.07 Å². The number of nitriles is 1. The lowest BCUT2D eigenvalue weighted by Crippen LogP contribution is -2.08. The molecule has 0 amide bonds. The van der Waals surface area contributed by atoms with E-state index in [2.05, 4.69) is 4.74 Å². The van der Waals surface area contributed by atoms with Crippen LogP contribution in [0.15, 0.2) is 12.1 Å². The molecule has 1 rings (SSSR count). The van der Waals surface area contributed by atoms with Gasteiger partial charge in [0, 0.05) is 5.88 Å². The summed E-state index contributed by atoms with van der Waals surface area (Å²) in [5, 5.41) is 8.98. The van der Waals surface area contributed by atoms with Crippen molar-refractivity contribution in [3.63, 3.8) is 0 Å². The van der Waals surface area contributed by atoms with Crippen LogP contribution < -0.4 is 0 Å². The molecule has 1 aromatic carbocycles. The van der Waals surface area contributed by atoms with Gasteiger partial charge in [-0.3, -0.25) is 0 Å². The highest BCUT2D eigenvalue weighted by molar-refractivity contribution is 6.17. The maximum atomic E-state index is 11.5. The van der Waals surface area contributed by atoms with E-state index < -0.39 is 5.97 Å². The molecule has 0 saturated heterocycles. The van der Waals surface area contributed by atoms with Crippen LogP contribution in [0.2, 0.25) is 0 Å². The Bertz CT molecular complexity index is 435. The van der Waals surface area contributed by atoms with Crippen LogP contribution >= 0.6 is 11.6 Å². The van der Waals surface area contributed by atoms with Crippen LogP contribution in [0.4, 0.5) is 0 Å². The molecule has 0 heterocycles. The van der Waals surface area contributed by atoms with Gasteiger partial charge < -0.3 is 4.74 Å². The zero-order chi connectivity index (χ0) is 11.4. The van der Waals surface area contributed by atoms with Gasteiger partial charge >= 0.3 is 5.97 Å². The second kappa shape index (κ2) is 4.81. The summed E-state index contributed by atoms with van der Waals surface area (Å²) in [6.07, 6.45) is 0. The van der Waals surface area contributed by atoms with Crippen molar-refractivity contribution in [2.24, 2.45) is 0 Å². The summed E-state index contributed by atoms with van der Waals surface area (Å²) >= 11 is 5.68. The number of alkyl halides is 1. The molecule has 0 aliphatic carbocycles. The van der Waals surface area contributed by atoms with Crippen molar-refractivity contribution in [2.45, 2.75) is 12.8 Å². The minimum Gasteiger partial charge on any atom is -0.465 e. The standard InChI is InChI=1S/C11H10ClNO2/c1-7-3-4-8(5-12)9(6-13)10(7)11(14)15-2/h3-4H,5H2,1-2H3. The Hall–Kier alpha value is -1.53. The number of carbonyl (C=O) groups excluding carboxylic acids is 1. The van der Waals surface area contributed by atoms with Crippen LogP contribution in [0.5, 0.6) is 0 Å². The van der Waals surface area contributed by atoms with Gasteiger partial charge in [0.25, 0.3) is 0 Å². The van der Waals surface area contributed by atoms with Crippen molar-refractivity contribution in [3.8, 4) is 6.07 Å². The first-order chi connectivity index (χ1) is 7.15. The van der Waals surface area contributed by atoms with Crippen LogP contribution in [0, 0.1) is 18.3 Å². The zero-order valence-corrected chi connectivity index (χ0v) is 9.26. The summed E-state index contributed by atoms with van der Waals surface area (Å²) in [5.74, 6) is -0.302. The lowest BCUT2D eigenvalue weighted by molar-refractivity contribution is 0.0599. The number of ether oxygens (including phenoxy) is 1. The fourth-order valence-corrected chi connectivity index (χ4v) is 1.58. The number of benzene rings is 1. The molecular weight excluding hydrogens is 214 g/mol. The molecule has 0 aliphatic rings. The van der Waals surface area contributed by atoms with Gasteiger partial charge in [0.05, 0.1) is 18.2 Å². The minimum absolute atomic E-state index is 0.202. The summed E-state index contributed by atoms with van der Waals surface area (Å²) in [7, 11) is 1.29. The molecule has 0 unspecified atom stereocenters. The molecule has 0 aromatic heterocycles. The fraction of sp³-hybridized carbons (Fsp3) is 0.273. The van der Waals surface area contributed by atoms with Crippen LogP contribution in [0.25, 0.3) is 0 Å². The fourth-order valence-electron chi connectivity index (χ4n) is 1.35. The lowest BCUT2D eigenvalue weighted by Gasteiger charge is -2.08. The van der Waals surface area contributed by atoms with Crippen molar-refractivity contribution in [3.05, 3.63) is 34.4 Å². The third-order valence-corrected chi connectivity index (χ3v) is 2.43. The number of hydrogen-bond acceptors (Lipinski definition) is 3. The number of rotatable bonds is 2. The highest BCUT2D eigenvalue weighted by Crippen LogP contribution is 2.20. The normalized spacial score (nSPS) is 9.47. The van der Waals surface area contributed by atoms with Crippen molar-refractivity contribution in [2.75, 3.05) is 7.11 Å². The van der Waals surface area contributed by atoms with Gasteiger partial charge in [-0.1, -0.05) is 12.1 Å². The number of halogens is 1. The van der Waals surface area contributed by atoms with Crippen LogP contribution in [0.1, 0.15) is 27.0 Å². The molecular formula is C11H10ClNO2. The number of carbonyl (C=O) groups is 1. The maximum absolute atomic E-state index is 11.5. The van der Waals surface area contributed by atoms with E-state index in [9.17, 15) is 4.79 Å². The molecule has 1 aromatic rings. The van der Waals surface area contributed by atoms with E-state index >= 15 is 0 Å². The summed E-state index contributed by atoms with van der Waals surface area (Å²) in [6, 6.07) is 5.48. The molecule has 3 nitrogen and oxygen atoms in total. The molecule has 0 fully saturated rings. The van der Waals surface area contributed by atoms with Crippen molar-refractivity contribution >= 4 is 17.6 Å². The summed E-state index contributed by atoms with van der Waals surface area (Å²) in [6.45, 7) is 1.76. The van der Waals surface area contributed by atoms with E-state index in [-0.39, 0.29) is 5.88 Å². The quantitative estimate of drug-likeness (QED) is 0.571. The van der Waals surface area contributed by atoms with Crippen LogP contribution in [-0.4, -0.2) is 13.1 Å². The van der Waals surface area contributed by atoms with Crippen molar-refractivity contribution in [1.82, 2.24) is 0 Å². The molecule has 78 valence electrons. The van der Waals surface area contributed by atoms with Gasteiger partial charge in [-0.25, -0.2) is 4.79 Å². The monoisotopic (exact) mass is 223 g/mol. The molecule has 0 spiro atoms. The molecule has 4 heteroatoms. The Morgan fingerprint density at radius 1 is 1.60 bits per heavy atom. The lowest BCUT2D eigenvalue weighted by atomic mass is 9.98. The van der Waals surface area contributed by atoms with E-state index in [0.29, 0.717) is 22.3 Å². The SMILES string of the molecule is COC(=O)c1c(C)ccc(CCl)c1C#N. The largest absolute Gasteiger partial charge is 0.465 e.